The van der Waals surface area contributed by atoms with Gasteiger partial charge in [0.15, 0.2) is 0 Å². The second-order valence-electron chi connectivity index (χ2n) is 5.95. The van der Waals surface area contributed by atoms with Gasteiger partial charge < -0.3 is 15.0 Å². The fraction of sp³-hybridized carbons (Fsp3) is 0.875. The van der Waals surface area contributed by atoms with Gasteiger partial charge in [-0.05, 0) is 32.1 Å². The van der Waals surface area contributed by atoms with Gasteiger partial charge in [-0.3, -0.25) is 9.59 Å². The molecule has 1 N–H and O–H groups in total. The molecule has 1 aliphatic rings. The molecule has 1 saturated carbocycles. The van der Waals surface area contributed by atoms with Crippen LogP contribution in [-0.4, -0.2) is 50.6 Å². The highest BCUT2D eigenvalue weighted by atomic mass is 16.5. The van der Waals surface area contributed by atoms with Gasteiger partial charge in [-0.25, -0.2) is 0 Å². The van der Waals surface area contributed by atoms with E-state index in [1.807, 2.05) is 11.9 Å². The Morgan fingerprint density at radius 1 is 1.19 bits per heavy atom. The zero-order valence-corrected chi connectivity index (χ0v) is 13.7. The first-order valence-corrected chi connectivity index (χ1v) is 8.11. The third-order valence-electron chi connectivity index (χ3n) is 4.28. The summed E-state index contributed by atoms with van der Waals surface area (Å²) in [7, 11) is 3.51. The van der Waals surface area contributed by atoms with Gasteiger partial charge in [0.2, 0.25) is 11.8 Å². The van der Waals surface area contributed by atoms with Crippen LogP contribution in [-0.2, 0) is 14.3 Å². The van der Waals surface area contributed by atoms with Gasteiger partial charge in [-0.15, -0.1) is 0 Å². The molecule has 0 radical (unpaired) electrons. The van der Waals surface area contributed by atoms with Crippen molar-refractivity contribution in [3.8, 4) is 0 Å². The van der Waals surface area contributed by atoms with Crippen molar-refractivity contribution >= 4 is 11.8 Å². The van der Waals surface area contributed by atoms with Crippen molar-refractivity contribution in [2.45, 2.75) is 45.4 Å². The lowest BCUT2D eigenvalue weighted by Gasteiger charge is -2.30. The standard InChI is InChI=1S/C16H30N2O3/c1-4-5-11-18(2)16(20)14-8-6-13(7-9-14)15(19)17-10-12-21-3/h13-14H,4-12H2,1-3H3,(H,17,19). The second kappa shape index (κ2) is 9.77. The summed E-state index contributed by atoms with van der Waals surface area (Å²) in [6, 6.07) is 0. The third-order valence-corrected chi connectivity index (χ3v) is 4.28. The maximum atomic E-state index is 12.3. The average molecular weight is 298 g/mol. The zero-order valence-electron chi connectivity index (χ0n) is 13.7. The van der Waals surface area contributed by atoms with Gasteiger partial charge in [0.1, 0.15) is 0 Å². The molecule has 5 nitrogen and oxygen atoms in total. The van der Waals surface area contributed by atoms with Gasteiger partial charge in [0, 0.05) is 39.1 Å². The molecule has 21 heavy (non-hydrogen) atoms. The quantitative estimate of drug-likeness (QED) is 0.695. The minimum atomic E-state index is 0.0619. The predicted octanol–water partition coefficient (Wildman–Crippen LogP) is 1.81. The number of hydrogen-bond donors (Lipinski definition) is 1. The molecule has 1 aliphatic carbocycles. The summed E-state index contributed by atoms with van der Waals surface area (Å²) in [5.74, 6) is 0.528. The molecule has 0 heterocycles. The van der Waals surface area contributed by atoms with Crippen molar-refractivity contribution in [2.75, 3.05) is 33.9 Å². The molecule has 0 bridgehead atoms. The number of carbonyl (C=O) groups is 2. The molecule has 2 amide bonds. The lowest BCUT2D eigenvalue weighted by atomic mass is 9.81. The number of carbonyl (C=O) groups excluding carboxylic acids is 2. The lowest BCUT2D eigenvalue weighted by molar-refractivity contribution is -0.137. The van der Waals surface area contributed by atoms with E-state index in [2.05, 4.69) is 12.2 Å². The lowest BCUT2D eigenvalue weighted by Crippen LogP contribution is -2.39. The van der Waals surface area contributed by atoms with Crippen LogP contribution in [0.5, 0.6) is 0 Å². The largest absolute Gasteiger partial charge is 0.383 e. The molecule has 1 rings (SSSR count). The Morgan fingerprint density at radius 3 is 2.38 bits per heavy atom. The number of unbranched alkanes of at least 4 members (excludes halogenated alkanes) is 1. The van der Waals surface area contributed by atoms with Crippen LogP contribution in [0.4, 0.5) is 0 Å². The smallest absolute Gasteiger partial charge is 0.225 e. The van der Waals surface area contributed by atoms with Crippen LogP contribution < -0.4 is 5.32 Å². The summed E-state index contributed by atoms with van der Waals surface area (Å²) < 4.78 is 4.92. The summed E-state index contributed by atoms with van der Waals surface area (Å²) in [5, 5.41) is 2.89. The van der Waals surface area contributed by atoms with Crippen molar-refractivity contribution in [3.63, 3.8) is 0 Å². The van der Waals surface area contributed by atoms with Crippen molar-refractivity contribution in [1.82, 2.24) is 10.2 Å². The molecule has 0 unspecified atom stereocenters. The van der Waals surface area contributed by atoms with E-state index in [9.17, 15) is 9.59 Å². The third kappa shape index (κ3) is 6.04. The normalized spacial score (nSPS) is 21.9. The average Bonchev–Trinajstić information content (AvgIpc) is 2.52. The van der Waals surface area contributed by atoms with E-state index in [4.69, 9.17) is 4.74 Å². The van der Waals surface area contributed by atoms with Gasteiger partial charge in [-0.1, -0.05) is 13.3 Å². The number of nitrogens with zero attached hydrogens (tertiary/aromatic N) is 1. The maximum absolute atomic E-state index is 12.3. The highest BCUT2D eigenvalue weighted by Crippen LogP contribution is 2.30. The van der Waals surface area contributed by atoms with E-state index >= 15 is 0 Å². The van der Waals surface area contributed by atoms with E-state index in [1.165, 1.54) is 0 Å². The van der Waals surface area contributed by atoms with Crippen LogP contribution in [0.2, 0.25) is 0 Å². The zero-order chi connectivity index (χ0) is 15.7. The molecule has 0 aliphatic heterocycles. The monoisotopic (exact) mass is 298 g/mol. The Morgan fingerprint density at radius 2 is 1.81 bits per heavy atom. The molecule has 0 saturated heterocycles. The van der Waals surface area contributed by atoms with E-state index in [0.717, 1.165) is 45.1 Å². The summed E-state index contributed by atoms with van der Waals surface area (Å²) in [6.45, 7) is 4.08. The Hall–Kier alpha value is -1.10. The summed E-state index contributed by atoms with van der Waals surface area (Å²) >= 11 is 0. The van der Waals surface area contributed by atoms with Crippen molar-refractivity contribution < 1.29 is 14.3 Å². The molecule has 122 valence electrons. The summed E-state index contributed by atoms with van der Waals surface area (Å²) in [5.41, 5.74) is 0. The molecular weight excluding hydrogens is 268 g/mol. The highest BCUT2D eigenvalue weighted by Gasteiger charge is 2.30. The summed E-state index contributed by atoms with van der Waals surface area (Å²) in [6.07, 6.45) is 5.45. The number of ether oxygens (including phenoxy) is 1. The van der Waals surface area contributed by atoms with Gasteiger partial charge in [-0.2, -0.15) is 0 Å². The van der Waals surface area contributed by atoms with E-state index in [-0.39, 0.29) is 23.7 Å². The molecule has 0 spiro atoms. The van der Waals surface area contributed by atoms with E-state index < -0.39 is 0 Å². The van der Waals surface area contributed by atoms with Crippen LogP contribution >= 0.6 is 0 Å². The predicted molar refractivity (Wildman–Crippen MR) is 82.9 cm³/mol. The SMILES string of the molecule is CCCCN(C)C(=O)C1CCC(C(=O)NCCOC)CC1. The van der Waals surface area contributed by atoms with E-state index in [0.29, 0.717) is 13.2 Å². The van der Waals surface area contributed by atoms with Gasteiger partial charge >= 0.3 is 0 Å². The highest BCUT2D eigenvalue weighted by molar-refractivity contribution is 5.81. The van der Waals surface area contributed by atoms with Crippen LogP contribution in [0.1, 0.15) is 45.4 Å². The molecule has 0 aromatic heterocycles. The Kier molecular flexibility index (Phi) is 8.35. The van der Waals surface area contributed by atoms with Crippen LogP contribution in [0.3, 0.4) is 0 Å². The first kappa shape index (κ1) is 18.0. The number of nitrogens with one attached hydrogen (secondary N) is 1. The van der Waals surface area contributed by atoms with Crippen molar-refractivity contribution in [3.05, 3.63) is 0 Å². The molecule has 0 aromatic carbocycles. The molecule has 1 fully saturated rings. The molecule has 0 aromatic rings. The first-order valence-electron chi connectivity index (χ1n) is 8.11. The topological polar surface area (TPSA) is 58.6 Å². The molecule has 0 atom stereocenters. The summed E-state index contributed by atoms with van der Waals surface area (Å²) in [4.78, 5) is 26.1. The van der Waals surface area contributed by atoms with Gasteiger partial charge in [0.25, 0.3) is 0 Å². The number of methoxy groups -OCH3 is 1. The van der Waals surface area contributed by atoms with Crippen molar-refractivity contribution in [2.24, 2.45) is 11.8 Å². The number of rotatable bonds is 8. The first-order chi connectivity index (χ1) is 10.1. The van der Waals surface area contributed by atoms with Gasteiger partial charge in [0.05, 0.1) is 6.61 Å². The Labute approximate surface area is 128 Å². The van der Waals surface area contributed by atoms with Crippen LogP contribution in [0.25, 0.3) is 0 Å². The fourth-order valence-corrected chi connectivity index (χ4v) is 2.84. The van der Waals surface area contributed by atoms with Crippen LogP contribution in [0, 0.1) is 11.8 Å². The molecular formula is C16H30N2O3. The fourth-order valence-electron chi connectivity index (χ4n) is 2.84. The Balaban J connectivity index is 2.31. The van der Waals surface area contributed by atoms with Crippen LogP contribution in [0.15, 0.2) is 0 Å². The maximum Gasteiger partial charge on any atom is 0.225 e. The van der Waals surface area contributed by atoms with Crippen molar-refractivity contribution in [1.29, 1.82) is 0 Å². The number of amides is 2. The molecule has 5 heteroatoms. The second-order valence-corrected chi connectivity index (χ2v) is 5.95. The minimum Gasteiger partial charge on any atom is -0.383 e. The minimum absolute atomic E-state index is 0.0619. The Bertz CT molecular complexity index is 325. The number of hydrogen-bond acceptors (Lipinski definition) is 3. The van der Waals surface area contributed by atoms with E-state index in [1.54, 1.807) is 7.11 Å².